The topological polar surface area (TPSA) is 29.5 Å². The number of methoxy groups -OCH3 is 1. The number of ether oxygens (including phenoxy) is 1. The Labute approximate surface area is 96.8 Å². The minimum Gasteiger partial charge on any atom is -0.390 e. The van der Waals surface area contributed by atoms with Gasteiger partial charge in [-0.2, -0.15) is 11.8 Å². The number of aliphatic hydroxyl groups is 1. The first-order valence-electron chi connectivity index (χ1n) is 6.09. The molecule has 2 saturated heterocycles. The molecular weight excluding hydrogens is 208 g/mol. The van der Waals surface area contributed by atoms with Crippen LogP contribution in [0.1, 0.15) is 44.9 Å². The van der Waals surface area contributed by atoms with Gasteiger partial charge in [-0.25, -0.2) is 0 Å². The van der Waals surface area contributed by atoms with E-state index in [2.05, 4.69) is 11.8 Å². The van der Waals surface area contributed by atoms with Crippen LogP contribution in [-0.2, 0) is 4.74 Å². The molecule has 0 radical (unpaired) electrons. The van der Waals surface area contributed by atoms with E-state index in [9.17, 15) is 5.11 Å². The van der Waals surface area contributed by atoms with Crippen LogP contribution in [0.25, 0.3) is 0 Å². The van der Waals surface area contributed by atoms with E-state index < -0.39 is 0 Å². The molecule has 88 valence electrons. The average Bonchev–Trinajstić information content (AvgIpc) is 2.17. The molecule has 2 aliphatic heterocycles. The molecule has 0 aromatic heterocycles. The van der Waals surface area contributed by atoms with Gasteiger partial charge in [0.1, 0.15) is 0 Å². The lowest BCUT2D eigenvalue weighted by Crippen LogP contribution is -2.42. The zero-order chi connectivity index (χ0) is 10.7. The molecule has 2 fully saturated rings. The van der Waals surface area contributed by atoms with Gasteiger partial charge in [0.25, 0.3) is 0 Å². The van der Waals surface area contributed by atoms with E-state index in [1.807, 2.05) is 0 Å². The largest absolute Gasteiger partial charge is 0.390 e. The van der Waals surface area contributed by atoms with Crippen LogP contribution in [0.2, 0.25) is 0 Å². The predicted molar refractivity (Wildman–Crippen MR) is 64.3 cm³/mol. The van der Waals surface area contributed by atoms with Crippen LogP contribution in [0.4, 0.5) is 0 Å². The Morgan fingerprint density at radius 1 is 1.33 bits per heavy atom. The summed E-state index contributed by atoms with van der Waals surface area (Å²) in [5, 5.41) is 12.0. The molecule has 1 N–H and O–H groups in total. The predicted octanol–water partition coefficient (Wildman–Crippen LogP) is 2.59. The van der Waals surface area contributed by atoms with Gasteiger partial charge >= 0.3 is 0 Å². The number of rotatable bonds is 4. The third-order valence-electron chi connectivity index (χ3n) is 3.64. The van der Waals surface area contributed by atoms with Crippen molar-refractivity contribution in [2.24, 2.45) is 0 Å². The SMILES string of the molecule is COCCCC1(O)CC2CCCC(C1)S2. The molecule has 2 bridgehead atoms. The summed E-state index contributed by atoms with van der Waals surface area (Å²) in [6.07, 6.45) is 7.94. The molecule has 2 nitrogen and oxygen atoms in total. The molecule has 0 aromatic carbocycles. The van der Waals surface area contributed by atoms with Gasteiger partial charge in [-0.1, -0.05) is 6.42 Å². The molecule has 0 amide bonds. The summed E-state index contributed by atoms with van der Waals surface area (Å²) < 4.78 is 5.06. The third kappa shape index (κ3) is 3.11. The smallest absolute Gasteiger partial charge is 0.0669 e. The van der Waals surface area contributed by atoms with Gasteiger partial charge in [0.15, 0.2) is 0 Å². The van der Waals surface area contributed by atoms with Crippen LogP contribution in [0, 0.1) is 0 Å². The van der Waals surface area contributed by atoms with Gasteiger partial charge in [0.2, 0.25) is 0 Å². The summed E-state index contributed by atoms with van der Waals surface area (Å²) in [5.41, 5.74) is -0.375. The summed E-state index contributed by atoms with van der Waals surface area (Å²) in [6, 6.07) is 0. The van der Waals surface area contributed by atoms with Crippen molar-refractivity contribution in [1.82, 2.24) is 0 Å². The maximum Gasteiger partial charge on any atom is 0.0669 e. The fourth-order valence-corrected chi connectivity index (χ4v) is 4.93. The maximum absolute atomic E-state index is 10.5. The van der Waals surface area contributed by atoms with E-state index >= 15 is 0 Å². The highest BCUT2D eigenvalue weighted by Gasteiger charge is 2.40. The van der Waals surface area contributed by atoms with E-state index in [0.717, 1.165) is 42.8 Å². The molecule has 2 rings (SSSR count). The van der Waals surface area contributed by atoms with Gasteiger partial charge in [-0.05, 0) is 38.5 Å². The fraction of sp³-hybridized carbons (Fsp3) is 1.00. The molecule has 0 saturated carbocycles. The van der Waals surface area contributed by atoms with Crippen molar-refractivity contribution < 1.29 is 9.84 Å². The standard InChI is InChI=1S/C12H22O2S/c1-14-7-3-6-12(13)8-10-4-2-5-11(9-12)15-10/h10-11,13H,2-9H2,1H3. The van der Waals surface area contributed by atoms with Gasteiger partial charge in [0.05, 0.1) is 5.60 Å². The second-order valence-corrected chi connectivity index (χ2v) is 6.65. The molecule has 0 aliphatic carbocycles. The highest BCUT2D eigenvalue weighted by atomic mass is 32.2. The Hall–Kier alpha value is 0.270. The number of thioether (sulfide) groups is 1. The summed E-state index contributed by atoms with van der Waals surface area (Å²) in [4.78, 5) is 0. The van der Waals surface area contributed by atoms with E-state index in [4.69, 9.17) is 4.74 Å². The van der Waals surface area contributed by atoms with Gasteiger partial charge in [-0.3, -0.25) is 0 Å². The fourth-order valence-electron chi connectivity index (χ4n) is 2.96. The van der Waals surface area contributed by atoms with E-state index in [1.165, 1.54) is 19.3 Å². The van der Waals surface area contributed by atoms with Crippen LogP contribution in [0.3, 0.4) is 0 Å². The number of hydrogen-bond donors (Lipinski definition) is 1. The first-order chi connectivity index (χ1) is 7.22. The Kier molecular flexibility index (Phi) is 3.97. The normalized spacial score (nSPS) is 40.4. The zero-order valence-electron chi connectivity index (χ0n) is 9.58. The molecule has 2 unspecified atom stereocenters. The lowest BCUT2D eigenvalue weighted by Gasteiger charge is -2.44. The monoisotopic (exact) mass is 230 g/mol. The minimum atomic E-state index is -0.375. The van der Waals surface area contributed by atoms with Gasteiger partial charge < -0.3 is 9.84 Å². The lowest BCUT2D eigenvalue weighted by atomic mass is 9.82. The molecule has 2 aliphatic rings. The highest BCUT2D eigenvalue weighted by molar-refractivity contribution is 8.00. The molecule has 0 aromatic rings. The van der Waals surface area contributed by atoms with Gasteiger partial charge in [0, 0.05) is 24.2 Å². The summed E-state index contributed by atoms with van der Waals surface area (Å²) in [5.74, 6) is 0. The zero-order valence-corrected chi connectivity index (χ0v) is 10.4. The van der Waals surface area contributed by atoms with Crippen LogP contribution in [-0.4, -0.2) is 34.9 Å². The molecule has 3 heteroatoms. The van der Waals surface area contributed by atoms with Crippen molar-refractivity contribution in [1.29, 1.82) is 0 Å². The van der Waals surface area contributed by atoms with Crippen molar-refractivity contribution in [2.75, 3.05) is 13.7 Å². The van der Waals surface area contributed by atoms with Crippen LogP contribution < -0.4 is 0 Å². The molecule has 2 atom stereocenters. The third-order valence-corrected chi connectivity index (χ3v) is 5.22. The maximum atomic E-state index is 10.5. The first kappa shape index (κ1) is 11.7. The van der Waals surface area contributed by atoms with Crippen molar-refractivity contribution in [3.63, 3.8) is 0 Å². The minimum absolute atomic E-state index is 0.375. The number of hydrogen-bond acceptors (Lipinski definition) is 3. The molecule has 2 heterocycles. The second kappa shape index (κ2) is 5.07. The van der Waals surface area contributed by atoms with Crippen LogP contribution >= 0.6 is 11.8 Å². The van der Waals surface area contributed by atoms with E-state index in [-0.39, 0.29) is 5.60 Å². The first-order valence-corrected chi connectivity index (χ1v) is 7.03. The summed E-state index contributed by atoms with van der Waals surface area (Å²) >= 11 is 2.12. The van der Waals surface area contributed by atoms with Crippen LogP contribution in [0.15, 0.2) is 0 Å². The summed E-state index contributed by atoms with van der Waals surface area (Å²) in [6.45, 7) is 0.783. The Bertz CT molecular complexity index is 196. The quantitative estimate of drug-likeness (QED) is 0.753. The highest BCUT2D eigenvalue weighted by Crippen LogP contribution is 2.46. The molecule has 15 heavy (non-hydrogen) atoms. The van der Waals surface area contributed by atoms with Crippen LogP contribution in [0.5, 0.6) is 0 Å². The van der Waals surface area contributed by atoms with Gasteiger partial charge in [-0.15, -0.1) is 0 Å². The van der Waals surface area contributed by atoms with Crippen molar-refractivity contribution in [3.05, 3.63) is 0 Å². The van der Waals surface area contributed by atoms with E-state index in [1.54, 1.807) is 7.11 Å². The van der Waals surface area contributed by atoms with Crippen molar-refractivity contribution in [2.45, 2.75) is 61.0 Å². The number of fused-ring (bicyclic) bond motifs is 2. The molecule has 0 spiro atoms. The lowest BCUT2D eigenvalue weighted by molar-refractivity contribution is -0.00233. The second-order valence-electron chi connectivity index (χ2n) is 5.04. The Morgan fingerprint density at radius 2 is 2.00 bits per heavy atom. The van der Waals surface area contributed by atoms with Crippen molar-refractivity contribution >= 4 is 11.8 Å². The molecular formula is C12H22O2S. The Balaban J connectivity index is 1.85. The van der Waals surface area contributed by atoms with E-state index in [0.29, 0.717) is 0 Å². The van der Waals surface area contributed by atoms with Crippen molar-refractivity contribution in [3.8, 4) is 0 Å². The Morgan fingerprint density at radius 3 is 2.60 bits per heavy atom. The summed E-state index contributed by atoms with van der Waals surface area (Å²) in [7, 11) is 1.73. The average molecular weight is 230 g/mol.